The molecule has 1 aliphatic heterocycles. The highest BCUT2D eigenvalue weighted by molar-refractivity contribution is 5.91. The molecule has 1 saturated heterocycles. The number of aliphatic carboxylic acids is 1. The molecule has 2 rings (SSSR count). The molecule has 5 nitrogen and oxygen atoms in total. The van der Waals surface area contributed by atoms with Gasteiger partial charge in [-0.05, 0) is 17.8 Å². The fourth-order valence-corrected chi connectivity index (χ4v) is 3.01. The minimum Gasteiger partial charge on any atom is -0.481 e. The number of carboxylic acids is 1. The summed E-state index contributed by atoms with van der Waals surface area (Å²) < 4.78 is 0. The van der Waals surface area contributed by atoms with Gasteiger partial charge in [0.1, 0.15) is 0 Å². The van der Waals surface area contributed by atoms with Gasteiger partial charge in [-0.25, -0.2) is 0 Å². The Bertz CT molecular complexity index is 379. The average molecular weight is 255 g/mol. The fraction of sp³-hybridized carbons (Fsp3) is 0.846. The summed E-state index contributed by atoms with van der Waals surface area (Å²) >= 11 is 0. The van der Waals surface area contributed by atoms with Crippen molar-refractivity contribution in [2.45, 2.75) is 33.3 Å². The van der Waals surface area contributed by atoms with Crippen LogP contribution in [-0.4, -0.2) is 46.2 Å². The molecule has 0 aromatic heterocycles. The highest BCUT2D eigenvalue weighted by Crippen LogP contribution is 2.59. The first kappa shape index (κ1) is 13.3. The van der Waals surface area contributed by atoms with Gasteiger partial charge in [-0.3, -0.25) is 9.59 Å². The molecular weight excluding hydrogens is 234 g/mol. The lowest BCUT2D eigenvalue weighted by atomic mass is 9.95. The highest BCUT2D eigenvalue weighted by atomic mass is 16.4. The molecule has 0 radical (unpaired) electrons. The number of nitrogens with zero attached hydrogens (tertiary/aromatic N) is 1. The van der Waals surface area contributed by atoms with Crippen molar-refractivity contribution in [2.75, 3.05) is 13.1 Å². The summed E-state index contributed by atoms with van der Waals surface area (Å²) in [5.41, 5.74) is -0.461. The number of piperidine rings is 1. The quantitative estimate of drug-likeness (QED) is 0.756. The normalized spacial score (nSPS) is 38.3. The number of carbonyl (C=O) groups is 2. The number of amides is 1. The second-order valence-corrected chi connectivity index (χ2v) is 6.23. The molecule has 0 spiro atoms. The summed E-state index contributed by atoms with van der Waals surface area (Å²) in [6.45, 7) is 6.55. The zero-order valence-corrected chi connectivity index (χ0v) is 11.1. The molecule has 2 aliphatic rings. The smallest absolute Gasteiger partial charge is 0.307 e. The maximum atomic E-state index is 12.3. The molecule has 1 amide bonds. The summed E-state index contributed by atoms with van der Waals surface area (Å²) in [6.07, 6.45) is 0.283. The fourth-order valence-electron chi connectivity index (χ4n) is 3.01. The second-order valence-electron chi connectivity index (χ2n) is 6.23. The molecule has 0 aromatic carbocycles. The lowest BCUT2D eigenvalue weighted by Crippen LogP contribution is -2.47. The zero-order valence-electron chi connectivity index (χ0n) is 11.1. The van der Waals surface area contributed by atoms with E-state index in [1.165, 1.54) is 0 Å². The minimum absolute atomic E-state index is 0.113. The molecule has 0 bridgehead atoms. The number of aliphatic hydroxyl groups excluding tert-OH is 1. The molecule has 2 fully saturated rings. The van der Waals surface area contributed by atoms with Crippen molar-refractivity contribution in [1.82, 2.24) is 4.90 Å². The molecule has 102 valence electrons. The Labute approximate surface area is 107 Å². The third-order valence-electron chi connectivity index (χ3n) is 4.59. The summed E-state index contributed by atoms with van der Waals surface area (Å²) in [4.78, 5) is 25.0. The van der Waals surface area contributed by atoms with E-state index >= 15 is 0 Å². The standard InChI is InChI=1S/C13H21NO4/c1-7-4-5-14(6-8(7)15)11(16)9-10(12(17)18)13(9,2)3/h7-10,15H,4-6H2,1-3H3,(H,17,18). The molecule has 18 heavy (non-hydrogen) atoms. The van der Waals surface area contributed by atoms with Crippen LogP contribution < -0.4 is 0 Å². The van der Waals surface area contributed by atoms with E-state index in [-0.39, 0.29) is 11.8 Å². The Balaban J connectivity index is 2.03. The molecular formula is C13H21NO4. The average Bonchev–Trinajstić information content (AvgIpc) is 2.85. The van der Waals surface area contributed by atoms with Crippen LogP contribution in [0.25, 0.3) is 0 Å². The van der Waals surface area contributed by atoms with Crippen molar-refractivity contribution in [3.05, 3.63) is 0 Å². The number of aliphatic hydroxyl groups is 1. The summed E-state index contributed by atoms with van der Waals surface area (Å²) in [6, 6.07) is 0. The zero-order chi connectivity index (χ0) is 13.7. The summed E-state index contributed by atoms with van der Waals surface area (Å²) in [7, 11) is 0. The molecule has 4 atom stereocenters. The molecule has 4 unspecified atom stereocenters. The van der Waals surface area contributed by atoms with Crippen LogP contribution in [0.5, 0.6) is 0 Å². The minimum atomic E-state index is -0.899. The van der Waals surface area contributed by atoms with Crippen molar-refractivity contribution < 1.29 is 19.8 Å². The predicted octanol–water partition coefficient (Wildman–Crippen LogP) is 0.572. The Morgan fingerprint density at radius 2 is 1.89 bits per heavy atom. The molecule has 0 aromatic rings. The van der Waals surface area contributed by atoms with Crippen molar-refractivity contribution in [2.24, 2.45) is 23.2 Å². The highest BCUT2D eigenvalue weighted by Gasteiger charge is 2.66. The number of carboxylic acid groups (broad SMARTS) is 1. The lowest BCUT2D eigenvalue weighted by molar-refractivity contribution is -0.143. The number of hydrogen-bond donors (Lipinski definition) is 2. The first-order valence-corrected chi connectivity index (χ1v) is 6.46. The van der Waals surface area contributed by atoms with E-state index in [0.717, 1.165) is 6.42 Å². The van der Waals surface area contributed by atoms with Crippen LogP contribution in [0.2, 0.25) is 0 Å². The van der Waals surface area contributed by atoms with Gasteiger partial charge in [0.05, 0.1) is 17.9 Å². The van der Waals surface area contributed by atoms with Crippen molar-refractivity contribution >= 4 is 11.9 Å². The van der Waals surface area contributed by atoms with Gasteiger partial charge in [0.15, 0.2) is 0 Å². The van der Waals surface area contributed by atoms with E-state index in [1.807, 2.05) is 20.8 Å². The Morgan fingerprint density at radius 3 is 2.33 bits per heavy atom. The van der Waals surface area contributed by atoms with E-state index in [4.69, 9.17) is 5.11 Å². The summed E-state index contributed by atoms with van der Waals surface area (Å²) in [5, 5.41) is 18.9. The number of rotatable bonds is 2. The molecule has 1 saturated carbocycles. The molecule has 2 N–H and O–H groups in total. The van der Waals surface area contributed by atoms with Crippen LogP contribution in [0.15, 0.2) is 0 Å². The SMILES string of the molecule is CC1CCN(C(=O)C2C(C(=O)O)C2(C)C)CC1O. The molecule has 1 heterocycles. The largest absolute Gasteiger partial charge is 0.481 e. The van der Waals surface area contributed by atoms with E-state index in [0.29, 0.717) is 13.1 Å². The van der Waals surface area contributed by atoms with Gasteiger partial charge in [0.25, 0.3) is 0 Å². The van der Waals surface area contributed by atoms with Gasteiger partial charge in [0, 0.05) is 13.1 Å². The van der Waals surface area contributed by atoms with Crippen molar-refractivity contribution in [3.63, 3.8) is 0 Å². The van der Waals surface area contributed by atoms with Gasteiger partial charge in [-0.1, -0.05) is 20.8 Å². The predicted molar refractivity (Wildman–Crippen MR) is 64.8 cm³/mol. The second kappa shape index (κ2) is 4.23. The maximum absolute atomic E-state index is 12.3. The molecule has 5 heteroatoms. The molecule has 1 aliphatic carbocycles. The van der Waals surface area contributed by atoms with E-state index in [1.54, 1.807) is 4.90 Å². The third kappa shape index (κ3) is 2.00. The third-order valence-corrected chi connectivity index (χ3v) is 4.59. The van der Waals surface area contributed by atoms with Crippen molar-refractivity contribution in [3.8, 4) is 0 Å². The van der Waals surface area contributed by atoms with Gasteiger partial charge in [0.2, 0.25) is 5.91 Å². The van der Waals surface area contributed by atoms with Crippen LogP contribution in [-0.2, 0) is 9.59 Å². The van der Waals surface area contributed by atoms with Gasteiger partial charge < -0.3 is 15.1 Å². The van der Waals surface area contributed by atoms with E-state index in [9.17, 15) is 14.7 Å². The van der Waals surface area contributed by atoms with Gasteiger partial charge in [-0.15, -0.1) is 0 Å². The maximum Gasteiger partial charge on any atom is 0.307 e. The van der Waals surface area contributed by atoms with Gasteiger partial charge >= 0.3 is 5.97 Å². The Hall–Kier alpha value is -1.10. The van der Waals surface area contributed by atoms with Crippen LogP contribution in [0.1, 0.15) is 27.2 Å². The first-order valence-electron chi connectivity index (χ1n) is 6.46. The van der Waals surface area contributed by atoms with Crippen LogP contribution >= 0.6 is 0 Å². The van der Waals surface area contributed by atoms with Crippen LogP contribution in [0, 0.1) is 23.2 Å². The van der Waals surface area contributed by atoms with Crippen LogP contribution in [0.3, 0.4) is 0 Å². The number of hydrogen-bond acceptors (Lipinski definition) is 3. The Morgan fingerprint density at radius 1 is 1.28 bits per heavy atom. The topological polar surface area (TPSA) is 77.8 Å². The monoisotopic (exact) mass is 255 g/mol. The van der Waals surface area contributed by atoms with Gasteiger partial charge in [-0.2, -0.15) is 0 Å². The summed E-state index contributed by atoms with van der Waals surface area (Å²) in [5.74, 6) is -1.82. The van der Waals surface area contributed by atoms with E-state index < -0.39 is 29.3 Å². The lowest BCUT2D eigenvalue weighted by Gasteiger charge is -2.34. The number of carbonyl (C=O) groups excluding carboxylic acids is 1. The number of likely N-dealkylation sites (tertiary alicyclic amines) is 1. The number of β-amino-alcohol motifs (C(OH)–C–C–N with tert-alkyl or cyclic N) is 1. The first-order chi connectivity index (χ1) is 8.26. The van der Waals surface area contributed by atoms with E-state index in [2.05, 4.69) is 0 Å². The van der Waals surface area contributed by atoms with Crippen LogP contribution in [0.4, 0.5) is 0 Å². The Kier molecular flexibility index (Phi) is 3.13. The van der Waals surface area contributed by atoms with Crippen molar-refractivity contribution in [1.29, 1.82) is 0 Å².